The number of hydrogen-bond acceptors (Lipinski definition) is 7. The number of aromatic nitrogens is 2. The van der Waals surface area contributed by atoms with Gasteiger partial charge < -0.3 is 14.6 Å². The molecule has 110 valence electrons. The Labute approximate surface area is 120 Å². The van der Waals surface area contributed by atoms with Crippen molar-refractivity contribution >= 4 is 5.69 Å². The predicted molar refractivity (Wildman–Crippen MR) is 72.5 cm³/mol. The summed E-state index contributed by atoms with van der Waals surface area (Å²) in [6, 6.07) is 5.99. The first-order chi connectivity index (χ1) is 10.1. The molecule has 1 saturated heterocycles. The summed E-state index contributed by atoms with van der Waals surface area (Å²) in [7, 11) is 0. The number of nitro groups is 1. The van der Waals surface area contributed by atoms with Gasteiger partial charge in [0.2, 0.25) is 5.82 Å². The third-order valence-corrected chi connectivity index (χ3v) is 3.35. The van der Waals surface area contributed by atoms with Crippen molar-refractivity contribution in [1.82, 2.24) is 15.5 Å². The van der Waals surface area contributed by atoms with E-state index in [1.165, 1.54) is 12.1 Å². The zero-order chi connectivity index (χ0) is 14.9. The predicted octanol–water partition coefficient (Wildman–Crippen LogP) is 1.52. The van der Waals surface area contributed by atoms with E-state index in [1.807, 2.05) is 6.92 Å². The van der Waals surface area contributed by atoms with E-state index in [9.17, 15) is 10.1 Å². The van der Waals surface area contributed by atoms with Crippen molar-refractivity contribution in [1.29, 1.82) is 0 Å². The SMILES string of the molecule is CC1(OCc2nc(-c3ccc([N+](=O)[O-])cc3)no2)CNC1. The summed E-state index contributed by atoms with van der Waals surface area (Å²) >= 11 is 0. The molecule has 0 radical (unpaired) electrons. The maximum Gasteiger partial charge on any atom is 0.269 e. The molecule has 2 aromatic rings. The lowest BCUT2D eigenvalue weighted by Gasteiger charge is -2.38. The van der Waals surface area contributed by atoms with Crippen LogP contribution in [0.1, 0.15) is 12.8 Å². The van der Waals surface area contributed by atoms with Crippen LogP contribution in [0.2, 0.25) is 0 Å². The molecule has 0 saturated carbocycles. The van der Waals surface area contributed by atoms with Gasteiger partial charge in [-0.3, -0.25) is 10.1 Å². The highest BCUT2D eigenvalue weighted by atomic mass is 16.6. The average Bonchev–Trinajstić information content (AvgIpc) is 2.92. The maximum absolute atomic E-state index is 10.6. The second-order valence-electron chi connectivity index (χ2n) is 5.16. The molecule has 1 aliphatic rings. The Morgan fingerprint density at radius 1 is 1.43 bits per heavy atom. The quantitative estimate of drug-likeness (QED) is 0.657. The summed E-state index contributed by atoms with van der Waals surface area (Å²) in [5.41, 5.74) is 0.505. The fraction of sp³-hybridized carbons (Fsp3) is 0.385. The highest BCUT2D eigenvalue weighted by molar-refractivity contribution is 5.56. The molecule has 1 aromatic heterocycles. The Bertz CT molecular complexity index is 648. The molecule has 21 heavy (non-hydrogen) atoms. The van der Waals surface area contributed by atoms with Crippen LogP contribution in [0.15, 0.2) is 28.8 Å². The fourth-order valence-electron chi connectivity index (χ4n) is 1.98. The standard InChI is InChI=1S/C13H14N4O4/c1-13(7-14-8-13)20-6-11-15-12(16-21-11)9-2-4-10(5-3-9)17(18)19/h2-5,14H,6-8H2,1H3. The van der Waals surface area contributed by atoms with Crippen molar-refractivity contribution in [2.24, 2.45) is 0 Å². The van der Waals surface area contributed by atoms with Crippen LogP contribution in [0.4, 0.5) is 5.69 Å². The van der Waals surface area contributed by atoms with Crippen LogP contribution in [-0.4, -0.2) is 33.8 Å². The molecule has 0 aliphatic carbocycles. The number of nitrogens with one attached hydrogen (secondary N) is 1. The van der Waals surface area contributed by atoms with E-state index in [-0.39, 0.29) is 17.9 Å². The molecule has 1 aliphatic heterocycles. The van der Waals surface area contributed by atoms with Gasteiger partial charge in [0, 0.05) is 30.8 Å². The first kappa shape index (κ1) is 13.7. The molecule has 1 fully saturated rings. The Hall–Kier alpha value is -2.32. The summed E-state index contributed by atoms with van der Waals surface area (Å²) < 4.78 is 10.8. The number of non-ortho nitro benzene ring substituents is 1. The van der Waals surface area contributed by atoms with Crippen molar-refractivity contribution < 1.29 is 14.2 Å². The van der Waals surface area contributed by atoms with Gasteiger partial charge in [0.15, 0.2) is 0 Å². The van der Waals surface area contributed by atoms with Gasteiger partial charge in [-0.15, -0.1) is 0 Å². The summed E-state index contributed by atoms with van der Waals surface area (Å²) in [4.78, 5) is 14.4. The van der Waals surface area contributed by atoms with Gasteiger partial charge in [-0.05, 0) is 19.1 Å². The van der Waals surface area contributed by atoms with E-state index in [1.54, 1.807) is 12.1 Å². The molecular weight excluding hydrogens is 276 g/mol. The smallest absolute Gasteiger partial charge is 0.269 e. The van der Waals surface area contributed by atoms with Gasteiger partial charge in [0.1, 0.15) is 6.61 Å². The van der Waals surface area contributed by atoms with E-state index in [0.717, 1.165) is 13.1 Å². The number of benzene rings is 1. The highest BCUT2D eigenvalue weighted by Gasteiger charge is 2.33. The summed E-state index contributed by atoms with van der Waals surface area (Å²) in [5.74, 6) is 0.775. The second kappa shape index (κ2) is 5.23. The minimum atomic E-state index is -0.452. The second-order valence-corrected chi connectivity index (χ2v) is 5.16. The molecular formula is C13H14N4O4. The summed E-state index contributed by atoms with van der Waals surface area (Å²) in [6.07, 6.45) is 0. The number of hydrogen-bond donors (Lipinski definition) is 1. The zero-order valence-electron chi connectivity index (χ0n) is 11.4. The Kier molecular flexibility index (Phi) is 3.40. The topological polar surface area (TPSA) is 103 Å². The fourth-order valence-corrected chi connectivity index (χ4v) is 1.98. The number of nitrogens with zero attached hydrogens (tertiary/aromatic N) is 3. The van der Waals surface area contributed by atoms with Crippen LogP contribution in [0, 0.1) is 10.1 Å². The minimum absolute atomic E-state index is 0.0243. The third-order valence-electron chi connectivity index (χ3n) is 3.35. The van der Waals surface area contributed by atoms with Crippen LogP contribution in [0.25, 0.3) is 11.4 Å². The minimum Gasteiger partial charge on any atom is -0.363 e. The van der Waals surface area contributed by atoms with Crippen LogP contribution < -0.4 is 5.32 Å². The van der Waals surface area contributed by atoms with Crippen molar-refractivity contribution in [3.05, 3.63) is 40.3 Å². The lowest BCUT2D eigenvalue weighted by molar-refractivity contribution is -0.384. The van der Waals surface area contributed by atoms with Crippen molar-refractivity contribution in [2.75, 3.05) is 13.1 Å². The van der Waals surface area contributed by atoms with Crippen molar-refractivity contribution in [3.63, 3.8) is 0 Å². The van der Waals surface area contributed by atoms with Gasteiger partial charge in [-0.2, -0.15) is 4.98 Å². The van der Waals surface area contributed by atoms with Crippen LogP contribution in [0.5, 0.6) is 0 Å². The molecule has 1 N–H and O–H groups in total. The van der Waals surface area contributed by atoms with E-state index < -0.39 is 4.92 Å². The van der Waals surface area contributed by atoms with Crippen molar-refractivity contribution in [2.45, 2.75) is 19.1 Å². The maximum atomic E-state index is 10.6. The van der Waals surface area contributed by atoms with Gasteiger partial charge >= 0.3 is 0 Å². The number of nitro benzene ring substituents is 1. The largest absolute Gasteiger partial charge is 0.363 e. The van der Waals surface area contributed by atoms with Gasteiger partial charge in [0.25, 0.3) is 11.6 Å². The summed E-state index contributed by atoms with van der Waals surface area (Å²) in [6.45, 7) is 3.86. The molecule has 0 amide bonds. The molecule has 0 bridgehead atoms. The molecule has 1 aromatic carbocycles. The van der Waals surface area contributed by atoms with Gasteiger partial charge in [0.05, 0.1) is 10.5 Å². The molecule has 0 unspecified atom stereocenters. The number of ether oxygens (including phenoxy) is 1. The van der Waals surface area contributed by atoms with Gasteiger partial charge in [-0.25, -0.2) is 0 Å². The van der Waals surface area contributed by atoms with Crippen LogP contribution >= 0.6 is 0 Å². The van der Waals surface area contributed by atoms with Gasteiger partial charge in [-0.1, -0.05) is 5.16 Å². The Morgan fingerprint density at radius 3 is 2.71 bits per heavy atom. The molecule has 8 heteroatoms. The van der Waals surface area contributed by atoms with Crippen LogP contribution in [0.3, 0.4) is 0 Å². The van der Waals surface area contributed by atoms with Crippen molar-refractivity contribution in [3.8, 4) is 11.4 Å². The lowest BCUT2D eigenvalue weighted by atomic mass is 10.0. The molecule has 2 heterocycles. The molecule has 3 rings (SSSR count). The van der Waals surface area contributed by atoms with E-state index >= 15 is 0 Å². The first-order valence-corrected chi connectivity index (χ1v) is 6.48. The van der Waals surface area contributed by atoms with E-state index in [0.29, 0.717) is 17.3 Å². The normalized spacial score (nSPS) is 16.4. The Balaban J connectivity index is 1.67. The van der Waals surface area contributed by atoms with E-state index in [4.69, 9.17) is 9.26 Å². The highest BCUT2D eigenvalue weighted by Crippen LogP contribution is 2.21. The first-order valence-electron chi connectivity index (χ1n) is 6.48. The average molecular weight is 290 g/mol. The molecule has 8 nitrogen and oxygen atoms in total. The molecule has 0 spiro atoms. The zero-order valence-corrected chi connectivity index (χ0v) is 11.4. The van der Waals surface area contributed by atoms with E-state index in [2.05, 4.69) is 15.5 Å². The Morgan fingerprint density at radius 2 is 2.14 bits per heavy atom. The third kappa shape index (κ3) is 2.91. The number of rotatable bonds is 5. The monoisotopic (exact) mass is 290 g/mol. The lowest BCUT2D eigenvalue weighted by Crippen LogP contribution is -2.58. The summed E-state index contributed by atoms with van der Waals surface area (Å²) in [5, 5.41) is 17.6. The molecule has 0 atom stereocenters. The van der Waals surface area contributed by atoms with Crippen LogP contribution in [-0.2, 0) is 11.3 Å².